The van der Waals surface area contributed by atoms with Crippen LogP contribution in [0.4, 0.5) is 10.1 Å². The van der Waals surface area contributed by atoms with Gasteiger partial charge in [0.25, 0.3) is 0 Å². The zero-order valence-corrected chi connectivity index (χ0v) is 13.1. The molecule has 4 nitrogen and oxygen atoms in total. The van der Waals surface area contributed by atoms with Crippen molar-refractivity contribution in [3.63, 3.8) is 0 Å². The van der Waals surface area contributed by atoms with Crippen molar-refractivity contribution in [3.05, 3.63) is 30.1 Å². The Balaban J connectivity index is 1.43. The number of hydrogen-bond donors (Lipinski definition) is 1. The molecule has 1 aliphatic heterocycles. The number of benzene rings is 1. The van der Waals surface area contributed by atoms with Crippen molar-refractivity contribution in [1.29, 1.82) is 0 Å². The van der Waals surface area contributed by atoms with Crippen molar-refractivity contribution < 1.29 is 9.18 Å². The van der Waals surface area contributed by atoms with Gasteiger partial charge in [-0.05, 0) is 49.9 Å². The fourth-order valence-electron chi connectivity index (χ4n) is 3.03. The molecule has 3 rings (SSSR count). The Morgan fingerprint density at radius 2 is 1.86 bits per heavy atom. The SMILES string of the molecule is C[C@@H](NC(=O)CN1CCN(c2ccc(F)cc2)CC1)C1CC1. The third-order valence-electron chi connectivity index (χ3n) is 4.65. The second-order valence-corrected chi connectivity index (χ2v) is 6.43. The van der Waals surface area contributed by atoms with E-state index >= 15 is 0 Å². The van der Waals surface area contributed by atoms with Gasteiger partial charge in [0.15, 0.2) is 0 Å². The van der Waals surface area contributed by atoms with Gasteiger partial charge >= 0.3 is 0 Å². The Kier molecular flexibility index (Phi) is 4.62. The van der Waals surface area contributed by atoms with E-state index in [0.717, 1.165) is 31.9 Å². The first-order valence-corrected chi connectivity index (χ1v) is 8.14. The van der Waals surface area contributed by atoms with E-state index in [1.807, 2.05) is 12.1 Å². The minimum atomic E-state index is -0.205. The van der Waals surface area contributed by atoms with Crippen molar-refractivity contribution in [2.24, 2.45) is 5.92 Å². The topological polar surface area (TPSA) is 35.6 Å². The van der Waals surface area contributed by atoms with E-state index in [-0.39, 0.29) is 11.7 Å². The molecule has 0 aromatic heterocycles. The molecule has 2 aliphatic rings. The molecule has 1 heterocycles. The van der Waals surface area contributed by atoms with E-state index < -0.39 is 0 Å². The number of carbonyl (C=O) groups is 1. The van der Waals surface area contributed by atoms with Gasteiger partial charge in [-0.3, -0.25) is 9.69 Å². The summed E-state index contributed by atoms with van der Waals surface area (Å²) in [7, 11) is 0. The standard InChI is InChI=1S/C17H24FN3O/c1-13(14-2-3-14)19-17(22)12-20-8-10-21(11-9-20)16-6-4-15(18)5-7-16/h4-7,13-14H,2-3,8-12H2,1H3,(H,19,22)/t13-/m1/s1. The van der Waals surface area contributed by atoms with Crippen molar-refractivity contribution >= 4 is 11.6 Å². The highest BCUT2D eigenvalue weighted by Crippen LogP contribution is 2.32. The monoisotopic (exact) mass is 305 g/mol. The highest BCUT2D eigenvalue weighted by atomic mass is 19.1. The number of nitrogens with one attached hydrogen (secondary N) is 1. The quantitative estimate of drug-likeness (QED) is 0.902. The summed E-state index contributed by atoms with van der Waals surface area (Å²) in [5, 5.41) is 3.10. The molecule has 2 fully saturated rings. The van der Waals surface area contributed by atoms with E-state index in [1.54, 1.807) is 0 Å². The van der Waals surface area contributed by atoms with Crippen LogP contribution in [0.2, 0.25) is 0 Å². The second kappa shape index (κ2) is 6.65. The van der Waals surface area contributed by atoms with Crippen LogP contribution in [0.3, 0.4) is 0 Å². The molecule has 1 atom stereocenters. The molecule has 1 saturated heterocycles. The van der Waals surface area contributed by atoms with Gasteiger partial charge in [0.05, 0.1) is 6.54 Å². The molecule has 22 heavy (non-hydrogen) atoms. The molecule has 5 heteroatoms. The fraction of sp³-hybridized carbons (Fsp3) is 0.588. The van der Waals surface area contributed by atoms with Gasteiger partial charge in [-0.25, -0.2) is 4.39 Å². The lowest BCUT2D eigenvalue weighted by molar-refractivity contribution is -0.123. The number of rotatable bonds is 5. The van der Waals surface area contributed by atoms with E-state index in [9.17, 15) is 9.18 Å². The zero-order chi connectivity index (χ0) is 15.5. The van der Waals surface area contributed by atoms with Gasteiger partial charge in [-0.15, -0.1) is 0 Å². The number of piperazine rings is 1. The first kappa shape index (κ1) is 15.3. The lowest BCUT2D eigenvalue weighted by Crippen LogP contribution is -2.50. The second-order valence-electron chi connectivity index (χ2n) is 6.43. The van der Waals surface area contributed by atoms with E-state index in [1.165, 1.54) is 25.0 Å². The Labute approximate surface area is 131 Å². The molecule has 0 unspecified atom stereocenters. The number of amides is 1. The normalized spacial score (nSPS) is 20.7. The summed E-state index contributed by atoms with van der Waals surface area (Å²) in [6, 6.07) is 6.93. The van der Waals surface area contributed by atoms with E-state index in [2.05, 4.69) is 22.0 Å². The molecule has 1 aromatic rings. The van der Waals surface area contributed by atoms with E-state index in [4.69, 9.17) is 0 Å². The molecular formula is C17H24FN3O. The maximum absolute atomic E-state index is 13.0. The van der Waals surface area contributed by atoms with Crippen LogP contribution in [-0.4, -0.2) is 49.6 Å². The number of halogens is 1. The highest BCUT2D eigenvalue weighted by Gasteiger charge is 2.29. The Hall–Kier alpha value is -1.62. The predicted octanol–water partition coefficient (Wildman–Crippen LogP) is 1.86. The zero-order valence-electron chi connectivity index (χ0n) is 13.1. The predicted molar refractivity (Wildman–Crippen MR) is 85.4 cm³/mol. The third-order valence-corrected chi connectivity index (χ3v) is 4.65. The summed E-state index contributed by atoms with van der Waals surface area (Å²) in [6.07, 6.45) is 2.50. The van der Waals surface area contributed by atoms with Gasteiger partial charge in [0.1, 0.15) is 5.82 Å². The molecule has 1 aliphatic carbocycles. The molecule has 1 saturated carbocycles. The van der Waals surface area contributed by atoms with Crippen molar-refractivity contribution in [2.75, 3.05) is 37.6 Å². The number of hydrogen-bond acceptors (Lipinski definition) is 3. The maximum Gasteiger partial charge on any atom is 0.234 e. The first-order chi connectivity index (χ1) is 10.6. The fourth-order valence-corrected chi connectivity index (χ4v) is 3.03. The van der Waals surface area contributed by atoms with Crippen molar-refractivity contribution in [2.45, 2.75) is 25.8 Å². The van der Waals surface area contributed by atoms with Gasteiger partial charge in [0.2, 0.25) is 5.91 Å². The molecule has 120 valence electrons. The summed E-state index contributed by atoms with van der Waals surface area (Å²) in [4.78, 5) is 16.5. The van der Waals surface area contributed by atoms with Gasteiger partial charge in [0, 0.05) is 37.9 Å². The average Bonchev–Trinajstić information content (AvgIpc) is 3.33. The van der Waals surface area contributed by atoms with Crippen LogP contribution in [-0.2, 0) is 4.79 Å². The Morgan fingerprint density at radius 3 is 2.45 bits per heavy atom. The summed E-state index contributed by atoms with van der Waals surface area (Å²) < 4.78 is 13.0. The molecule has 1 amide bonds. The van der Waals surface area contributed by atoms with Crippen LogP contribution in [0.15, 0.2) is 24.3 Å². The number of anilines is 1. The number of carbonyl (C=O) groups excluding carboxylic acids is 1. The Bertz CT molecular complexity index is 507. The number of nitrogens with zero attached hydrogens (tertiary/aromatic N) is 2. The molecule has 0 radical (unpaired) electrons. The average molecular weight is 305 g/mol. The highest BCUT2D eigenvalue weighted by molar-refractivity contribution is 5.78. The minimum Gasteiger partial charge on any atom is -0.369 e. The van der Waals surface area contributed by atoms with Crippen LogP contribution in [0.1, 0.15) is 19.8 Å². The van der Waals surface area contributed by atoms with Crippen LogP contribution in [0.25, 0.3) is 0 Å². The molecule has 0 bridgehead atoms. The van der Waals surface area contributed by atoms with Crippen molar-refractivity contribution in [3.8, 4) is 0 Å². The van der Waals surface area contributed by atoms with Crippen molar-refractivity contribution in [1.82, 2.24) is 10.2 Å². The van der Waals surface area contributed by atoms with Gasteiger partial charge in [-0.2, -0.15) is 0 Å². The molecule has 1 N–H and O–H groups in total. The Morgan fingerprint density at radius 1 is 1.23 bits per heavy atom. The molecular weight excluding hydrogens is 281 g/mol. The minimum absolute atomic E-state index is 0.134. The smallest absolute Gasteiger partial charge is 0.234 e. The van der Waals surface area contributed by atoms with Gasteiger partial charge in [-0.1, -0.05) is 0 Å². The summed E-state index contributed by atoms with van der Waals surface area (Å²) in [5.41, 5.74) is 1.05. The molecule has 1 aromatic carbocycles. The summed E-state index contributed by atoms with van der Waals surface area (Å²) in [5.74, 6) is 0.623. The van der Waals surface area contributed by atoms with Crippen LogP contribution < -0.4 is 10.2 Å². The third kappa shape index (κ3) is 3.97. The largest absolute Gasteiger partial charge is 0.369 e. The maximum atomic E-state index is 13.0. The van der Waals surface area contributed by atoms with Crippen LogP contribution in [0.5, 0.6) is 0 Å². The lowest BCUT2D eigenvalue weighted by Gasteiger charge is -2.35. The van der Waals surface area contributed by atoms with Crippen LogP contribution in [0, 0.1) is 11.7 Å². The van der Waals surface area contributed by atoms with Crippen LogP contribution >= 0.6 is 0 Å². The molecule has 0 spiro atoms. The van der Waals surface area contributed by atoms with E-state index in [0.29, 0.717) is 18.5 Å². The van der Waals surface area contributed by atoms with Gasteiger partial charge < -0.3 is 10.2 Å². The summed E-state index contributed by atoms with van der Waals surface area (Å²) >= 11 is 0. The summed E-state index contributed by atoms with van der Waals surface area (Å²) in [6.45, 7) is 6.05. The lowest BCUT2D eigenvalue weighted by atomic mass is 10.2. The first-order valence-electron chi connectivity index (χ1n) is 8.14.